The number of amides is 1. The Hall–Kier alpha value is -2.05. The van der Waals surface area contributed by atoms with E-state index in [0.717, 1.165) is 31.2 Å². The number of carbonyl (C=O) groups is 1. The molecule has 1 aliphatic carbocycles. The molecule has 3 rings (SSSR count). The summed E-state index contributed by atoms with van der Waals surface area (Å²) in [5.74, 6) is -0.167. The van der Waals surface area contributed by atoms with Crippen molar-refractivity contribution in [3.63, 3.8) is 0 Å². The van der Waals surface area contributed by atoms with Crippen LogP contribution in [-0.4, -0.2) is 20.4 Å². The minimum atomic E-state index is -3.76. The van der Waals surface area contributed by atoms with Crippen LogP contribution >= 0.6 is 11.6 Å². The Balaban J connectivity index is 1.74. The average Bonchev–Trinajstić information content (AvgIpc) is 3.11. The molecule has 138 valence electrons. The molecule has 5 nitrogen and oxygen atoms in total. The van der Waals surface area contributed by atoms with E-state index in [0.29, 0.717) is 16.3 Å². The van der Waals surface area contributed by atoms with E-state index < -0.39 is 10.0 Å². The van der Waals surface area contributed by atoms with Crippen molar-refractivity contribution in [1.29, 1.82) is 0 Å². The molecule has 2 aromatic carbocycles. The lowest BCUT2D eigenvalue weighted by Crippen LogP contribution is -2.32. The zero-order valence-corrected chi connectivity index (χ0v) is 16.0. The van der Waals surface area contributed by atoms with E-state index in [-0.39, 0.29) is 16.8 Å². The number of anilines is 1. The Kier molecular flexibility index (Phi) is 5.53. The minimum Gasteiger partial charge on any atom is -0.349 e. The van der Waals surface area contributed by atoms with Gasteiger partial charge in [-0.25, -0.2) is 8.42 Å². The maximum Gasteiger partial charge on any atom is 0.261 e. The maximum atomic E-state index is 12.6. The van der Waals surface area contributed by atoms with Crippen molar-refractivity contribution in [2.75, 3.05) is 4.72 Å². The van der Waals surface area contributed by atoms with Crippen LogP contribution in [0.3, 0.4) is 0 Å². The van der Waals surface area contributed by atoms with Crippen LogP contribution in [0.25, 0.3) is 0 Å². The monoisotopic (exact) mass is 392 g/mol. The van der Waals surface area contributed by atoms with Crippen LogP contribution in [0.1, 0.15) is 41.6 Å². The van der Waals surface area contributed by atoms with Gasteiger partial charge in [-0.1, -0.05) is 30.5 Å². The van der Waals surface area contributed by atoms with E-state index in [2.05, 4.69) is 10.0 Å². The Morgan fingerprint density at radius 1 is 1.08 bits per heavy atom. The van der Waals surface area contributed by atoms with Crippen LogP contribution in [0.4, 0.5) is 5.69 Å². The first-order valence-corrected chi connectivity index (χ1v) is 10.4. The molecule has 2 aromatic rings. The summed E-state index contributed by atoms with van der Waals surface area (Å²) in [5.41, 5.74) is 1.65. The molecule has 0 saturated heterocycles. The molecule has 0 aliphatic heterocycles. The number of hydrogen-bond donors (Lipinski definition) is 2. The number of rotatable bonds is 5. The fourth-order valence-corrected chi connectivity index (χ4v) is 4.33. The van der Waals surface area contributed by atoms with Gasteiger partial charge in [0.15, 0.2) is 0 Å². The Morgan fingerprint density at radius 3 is 2.38 bits per heavy atom. The highest BCUT2D eigenvalue weighted by atomic mass is 35.5. The van der Waals surface area contributed by atoms with E-state index in [9.17, 15) is 13.2 Å². The third kappa shape index (κ3) is 4.37. The van der Waals surface area contributed by atoms with Gasteiger partial charge in [-0.3, -0.25) is 9.52 Å². The zero-order valence-electron chi connectivity index (χ0n) is 14.5. The molecule has 1 amide bonds. The molecule has 0 bridgehead atoms. The summed E-state index contributed by atoms with van der Waals surface area (Å²) in [4.78, 5) is 12.3. The van der Waals surface area contributed by atoms with Gasteiger partial charge in [0.2, 0.25) is 0 Å². The lowest BCUT2D eigenvalue weighted by Gasteiger charge is -2.13. The average molecular weight is 393 g/mol. The van der Waals surface area contributed by atoms with Crippen LogP contribution < -0.4 is 10.0 Å². The molecule has 0 unspecified atom stereocenters. The lowest BCUT2D eigenvalue weighted by molar-refractivity contribution is 0.0938. The van der Waals surface area contributed by atoms with E-state index in [4.69, 9.17) is 11.6 Å². The Morgan fingerprint density at radius 2 is 1.73 bits per heavy atom. The molecule has 0 aromatic heterocycles. The van der Waals surface area contributed by atoms with Gasteiger partial charge in [-0.2, -0.15) is 0 Å². The van der Waals surface area contributed by atoms with Crippen LogP contribution in [0.2, 0.25) is 5.02 Å². The molecule has 1 aliphatic rings. The normalized spacial score (nSPS) is 15.0. The predicted octanol–water partition coefficient (Wildman–Crippen LogP) is 4.12. The molecule has 7 heteroatoms. The molecule has 1 saturated carbocycles. The molecular formula is C19H21ClN2O3S. The van der Waals surface area contributed by atoms with Crippen LogP contribution in [0.5, 0.6) is 0 Å². The van der Waals surface area contributed by atoms with Gasteiger partial charge >= 0.3 is 0 Å². The zero-order chi connectivity index (χ0) is 18.7. The number of sulfonamides is 1. The lowest BCUT2D eigenvalue weighted by atomic mass is 10.2. The predicted molar refractivity (Wildman–Crippen MR) is 103 cm³/mol. The summed E-state index contributed by atoms with van der Waals surface area (Å²) in [6.07, 6.45) is 4.27. The van der Waals surface area contributed by atoms with Crippen molar-refractivity contribution in [3.05, 3.63) is 58.6 Å². The van der Waals surface area contributed by atoms with Crippen LogP contribution in [0.15, 0.2) is 47.4 Å². The summed E-state index contributed by atoms with van der Waals surface area (Å²) in [6, 6.07) is 11.2. The summed E-state index contributed by atoms with van der Waals surface area (Å²) >= 11 is 5.94. The largest absolute Gasteiger partial charge is 0.349 e. The smallest absolute Gasteiger partial charge is 0.261 e. The molecular weight excluding hydrogens is 372 g/mol. The SMILES string of the molecule is Cc1ccc(Cl)cc1NS(=O)(=O)c1ccc(C(=O)NC2CCCC2)cc1. The Labute approximate surface area is 158 Å². The quantitative estimate of drug-likeness (QED) is 0.803. The molecule has 1 fully saturated rings. The molecule has 2 N–H and O–H groups in total. The van der Waals surface area contributed by atoms with Gasteiger partial charge in [0.25, 0.3) is 15.9 Å². The molecule has 0 spiro atoms. The topological polar surface area (TPSA) is 75.3 Å². The van der Waals surface area contributed by atoms with Crippen molar-refractivity contribution < 1.29 is 13.2 Å². The van der Waals surface area contributed by atoms with Crippen molar-refractivity contribution in [3.8, 4) is 0 Å². The van der Waals surface area contributed by atoms with Crippen molar-refractivity contribution in [2.24, 2.45) is 0 Å². The van der Waals surface area contributed by atoms with Gasteiger partial charge in [0.1, 0.15) is 0 Å². The first-order chi connectivity index (χ1) is 12.3. The highest BCUT2D eigenvalue weighted by molar-refractivity contribution is 7.92. The first-order valence-electron chi connectivity index (χ1n) is 8.55. The molecule has 0 atom stereocenters. The van der Waals surface area contributed by atoms with E-state index in [1.54, 1.807) is 25.1 Å². The fraction of sp³-hybridized carbons (Fsp3) is 0.316. The second kappa shape index (κ2) is 7.68. The third-order valence-corrected chi connectivity index (χ3v) is 6.18. The van der Waals surface area contributed by atoms with Crippen molar-refractivity contribution in [2.45, 2.75) is 43.5 Å². The molecule has 26 heavy (non-hydrogen) atoms. The van der Waals surface area contributed by atoms with Gasteiger partial charge < -0.3 is 5.32 Å². The van der Waals surface area contributed by atoms with Gasteiger partial charge in [-0.15, -0.1) is 0 Å². The fourth-order valence-electron chi connectivity index (χ4n) is 3.03. The van der Waals surface area contributed by atoms with Crippen molar-refractivity contribution >= 4 is 33.2 Å². The van der Waals surface area contributed by atoms with E-state index in [1.807, 2.05) is 0 Å². The van der Waals surface area contributed by atoms with Gasteiger partial charge in [-0.05, 0) is 61.7 Å². The number of hydrogen-bond acceptors (Lipinski definition) is 3. The molecule has 0 radical (unpaired) electrons. The van der Waals surface area contributed by atoms with E-state index >= 15 is 0 Å². The van der Waals surface area contributed by atoms with Crippen LogP contribution in [-0.2, 0) is 10.0 Å². The second-order valence-corrected chi connectivity index (χ2v) is 8.66. The van der Waals surface area contributed by atoms with Crippen LogP contribution in [0, 0.1) is 6.92 Å². The molecule has 0 heterocycles. The first kappa shape index (κ1) is 18.7. The maximum absolute atomic E-state index is 12.6. The summed E-state index contributed by atoms with van der Waals surface area (Å²) < 4.78 is 27.7. The summed E-state index contributed by atoms with van der Waals surface area (Å²) in [6.45, 7) is 1.80. The van der Waals surface area contributed by atoms with E-state index in [1.165, 1.54) is 24.3 Å². The number of carbonyl (C=O) groups excluding carboxylic acids is 1. The van der Waals surface area contributed by atoms with Crippen molar-refractivity contribution in [1.82, 2.24) is 5.32 Å². The highest BCUT2D eigenvalue weighted by Crippen LogP contribution is 2.24. The number of aryl methyl sites for hydroxylation is 1. The number of benzene rings is 2. The Bertz CT molecular complexity index is 905. The third-order valence-electron chi connectivity index (χ3n) is 4.56. The minimum absolute atomic E-state index is 0.0919. The van der Waals surface area contributed by atoms with Gasteiger partial charge in [0.05, 0.1) is 10.6 Å². The second-order valence-electron chi connectivity index (χ2n) is 6.54. The number of halogens is 1. The summed E-state index contributed by atoms with van der Waals surface area (Å²) in [7, 11) is -3.76. The number of nitrogens with one attached hydrogen (secondary N) is 2. The highest BCUT2D eigenvalue weighted by Gasteiger charge is 2.19. The summed E-state index contributed by atoms with van der Waals surface area (Å²) in [5, 5.41) is 3.44. The van der Waals surface area contributed by atoms with Gasteiger partial charge in [0, 0.05) is 16.6 Å². The standard InChI is InChI=1S/C19H21ClN2O3S/c1-13-6-9-15(20)12-18(13)22-26(24,25)17-10-7-14(8-11-17)19(23)21-16-4-2-3-5-16/h6-12,16,22H,2-5H2,1H3,(H,21,23).